The zero-order valence-corrected chi connectivity index (χ0v) is 17.5. The van der Waals surface area contributed by atoms with Crippen molar-refractivity contribution in [1.29, 1.82) is 0 Å². The van der Waals surface area contributed by atoms with E-state index in [1.807, 2.05) is 30.3 Å². The van der Waals surface area contributed by atoms with E-state index in [0.717, 1.165) is 26.9 Å². The van der Waals surface area contributed by atoms with Crippen LogP contribution in [0.3, 0.4) is 0 Å². The number of benzene rings is 1. The molecule has 1 atom stereocenters. The van der Waals surface area contributed by atoms with Gasteiger partial charge in [0.1, 0.15) is 6.04 Å². The van der Waals surface area contributed by atoms with E-state index in [2.05, 4.69) is 31.3 Å². The lowest BCUT2D eigenvalue weighted by molar-refractivity contribution is -0.120. The summed E-state index contributed by atoms with van der Waals surface area (Å²) in [6.45, 7) is 0. The zero-order chi connectivity index (χ0) is 20.4. The van der Waals surface area contributed by atoms with Gasteiger partial charge in [-0.1, -0.05) is 28.1 Å². The Morgan fingerprint density at radius 1 is 1.28 bits per heavy atom. The van der Waals surface area contributed by atoms with Gasteiger partial charge in [-0.15, -0.1) is 0 Å². The molecule has 2 aromatic heterocycles. The first kappa shape index (κ1) is 19.3. The maximum atomic E-state index is 12.9. The van der Waals surface area contributed by atoms with Crippen molar-refractivity contribution in [2.45, 2.75) is 25.3 Å². The Morgan fingerprint density at radius 3 is 2.93 bits per heavy atom. The van der Waals surface area contributed by atoms with Gasteiger partial charge in [-0.05, 0) is 47.7 Å². The first-order chi connectivity index (χ1) is 14.0. The third-order valence-electron chi connectivity index (χ3n) is 5.01. The number of nitrogens with zero attached hydrogens (tertiary/aromatic N) is 4. The average Bonchev–Trinajstić information content (AvgIpc) is 3.16. The van der Waals surface area contributed by atoms with E-state index in [1.54, 1.807) is 36.7 Å². The number of aromatic nitrogens is 3. The normalized spacial score (nSPS) is 16.3. The smallest absolute Gasteiger partial charge is 0.324 e. The molecule has 0 spiro atoms. The van der Waals surface area contributed by atoms with E-state index < -0.39 is 12.1 Å². The number of rotatable bonds is 3. The van der Waals surface area contributed by atoms with Crippen molar-refractivity contribution in [2.75, 3.05) is 11.9 Å². The van der Waals surface area contributed by atoms with E-state index in [-0.39, 0.29) is 5.91 Å². The molecule has 29 heavy (non-hydrogen) atoms. The highest BCUT2D eigenvalue weighted by Crippen LogP contribution is 2.29. The number of likely N-dealkylation sites (N-methyl/N-ethyl adjacent to an activating group) is 1. The number of carbonyl (C=O) groups excluding carboxylic acids is 2. The van der Waals surface area contributed by atoms with Gasteiger partial charge in [-0.3, -0.25) is 9.78 Å². The van der Waals surface area contributed by atoms with Crippen LogP contribution in [-0.2, 0) is 17.6 Å². The highest BCUT2D eigenvalue weighted by molar-refractivity contribution is 9.10. The van der Waals surface area contributed by atoms with Crippen LogP contribution in [0.2, 0.25) is 0 Å². The average molecular weight is 454 g/mol. The fraction of sp³-hybridized carbons (Fsp3) is 0.238. The van der Waals surface area contributed by atoms with Crippen LogP contribution in [0.25, 0.3) is 0 Å². The minimum atomic E-state index is -0.607. The third-order valence-corrected chi connectivity index (χ3v) is 5.51. The van der Waals surface area contributed by atoms with E-state index in [4.69, 9.17) is 0 Å². The molecule has 0 radical (unpaired) electrons. The maximum absolute atomic E-state index is 12.9. The first-order valence-corrected chi connectivity index (χ1v) is 10.1. The summed E-state index contributed by atoms with van der Waals surface area (Å²) in [5.41, 5.74) is 3.88. The van der Waals surface area contributed by atoms with Crippen LogP contribution in [0.4, 0.5) is 10.5 Å². The number of anilines is 1. The van der Waals surface area contributed by atoms with Gasteiger partial charge in [0.25, 0.3) is 0 Å². The molecule has 0 saturated heterocycles. The molecular formula is C21H20BrN5O2. The molecule has 4 rings (SSSR count). The van der Waals surface area contributed by atoms with Crippen LogP contribution in [0, 0.1) is 0 Å². The van der Waals surface area contributed by atoms with Gasteiger partial charge in [0.15, 0.2) is 0 Å². The summed E-state index contributed by atoms with van der Waals surface area (Å²) in [5.74, 6) is -0.141. The summed E-state index contributed by atoms with van der Waals surface area (Å²) in [6, 6.07) is 8.72. The number of aryl methyl sites for hydroxylation is 1. The molecular weight excluding hydrogens is 434 g/mol. The number of fused-ring (bicyclic) bond motifs is 1. The lowest BCUT2D eigenvalue weighted by Gasteiger charge is -2.22. The van der Waals surface area contributed by atoms with E-state index in [1.165, 1.54) is 4.68 Å². The van der Waals surface area contributed by atoms with Crippen molar-refractivity contribution in [1.82, 2.24) is 20.1 Å². The van der Waals surface area contributed by atoms with Crippen molar-refractivity contribution in [3.8, 4) is 0 Å². The molecule has 0 saturated carbocycles. The summed E-state index contributed by atoms with van der Waals surface area (Å²) in [7, 11) is 1.73. The van der Waals surface area contributed by atoms with Gasteiger partial charge in [-0.2, -0.15) is 9.78 Å². The fourth-order valence-electron chi connectivity index (χ4n) is 3.49. The highest BCUT2D eigenvalue weighted by atomic mass is 79.9. The quantitative estimate of drug-likeness (QED) is 0.660. The lowest BCUT2D eigenvalue weighted by atomic mass is 10.1. The number of halogens is 1. The SMILES string of the molecule is CN1C(=O)[C@@H](NC(=O)n2cc(Cc3cccnc3)cn2)CCc2ccc(Br)cc21. The Bertz CT molecular complexity index is 1050. The molecule has 148 valence electrons. The number of amides is 2. The van der Waals surface area contributed by atoms with E-state index in [9.17, 15) is 9.59 Å². The van der Waals surface area contributed by atoms with Crippen molar-refractivity contribution in [3.63, 3.8) is 0 Å². The second-order valence-electron chi connectivity index (χ2n) is 7.04. The Hall–Kier alpha value is -3.00. The highest BCUT2D eigenvalue weighted by Gasteiger charge is 2.29. The molecule has 1 aliphatic heterocycles. The Balaban J connectivity index is 1.45. The van der Waals surface area contributed by atoms with Crippen LogP contribution in [0.5, 0.6) is 0 Å². The second kappa shape index (κ2) is 8.16. The number of pyridine rings is 1. The standard InChI is InChI=1S/C21H20BrN5O2/c1-26-19-10-17(22)6-4-16(19)5-7-18(20(26)28)25-21(29)27-13-15(12-24-27)9-14-3-2-8-23-11-14/h2-4,6,8,10-13,18H,5,7,9H2,1H3,(H,25,29)/t18-/m0/s1. The van der Waals surface area contributed by atoms with E-state index >= 15 is 0 Å². The first-order valence-electron chi connectivity index (χ1n) is 9.30. The molecule has 1 aliphatic rings. The Kier molecular flexibility index (Phi) is 5.44. The van der Waals surface area contributed by atoms with Crippen LogP contribution in [-0.4, -0.2) is 39.8 Å². The van der Waals surface area contributed by atoms with Crippen molar-refractivity contribution < 1.29 is 9.59 Å². The Labute approximate surface area is 176 Å². The maximum Gasteiger partial charge on any atom is 0.342 e. The Morgan fingerprint density at radius 2 is 2.14 bits per heavy atom. The molecule has 3 heterocycles. The van der Waals surface area contributed by atoms with Crippen LogP contribution < -0.4 is 10.2 Å². The summed E-state index contributed by atoms with van der Waals surface area (Å²) in [6.07, 6.45) is 8.71. The predicted octanol–water partition coefficient (Wildman–Crippen LogP) is 3.17. The van der Waals surface area contributed by atoms with Gasteiger partial charge < -0.3 is 10.2 Å². The molecule has 7 nitrogen and oxygen atoms in total. The minimum Gasteiger partial charge on any atom is -0.324 e. The number of nitrogens with one attached hydrogen (secondary N) is 1. The third kappa shape index (κ3) is 4.22. The van der Waals surface area contributed by atoms with Gasteiger partial charge in [-0.25, -0.2) is 4.79 Å². The van der Waals surface area contributed by atoms with E-state index in [0.29, 0.717) is 19.3 Å². The molecule has 2 amide bonds. The van der Waals surface area contributed by atoms with Crippen molar-refractivity contribution in [3.05, 3.63) is 76.3 Å². The van der Waals surface area contributed by atoms with Crippen LogP contribution in [0.15, 0.2) is 59.6 Å². The molecule has 0 aliphatic carbocycles. The minimum absolute atomic E-state index is 0.141. The topological polar surface area (TPSA) is 80.1 Å². The molecule has 1 aromatic carbocycles. The molecule has 1 N–H and O–H groups in total. The molecule has 0 fully saturated rings. The second-order valence-corrected chi connectivity index (χ2v) is 7.96. The predicted molar refractivity (Wildman–Crippen MR) is 113 cm³/mol. The summed E-state index contributed by atoms with van der Waals surface area (Å²) < 4.78 is 2.16. The summed E-state index contributed by atoms with van der Waals surface area (Å²) in [5, 5.41) is 6.98. The largest absolute Gasteiger partial charge is 0.342 e. The molecule has 8 heteroatoms. The van der Waals surface area contributed by atoms with Crippen molar-refractivity contribution >= 4 is 33.6 Å². The fourth-order valence-corrected chi connectivity index (χ4v) is 3.84. The number of hydrogen-bond acceptors (Lipinski definition) is 4. The van der Waals surface area contributed by atoms with Gasteiger partial charge >= 0.3 is 6.03 Å². The molecule has 0 bridgehead atoms. The summed E-state index contributed by atoms with van der Waals surface area (Å²) in [4.78, 5) is 31.3. The van der Waals surface area contributed by atoms with Gasteiger partial charge in [0.05, 0.1) is 6.20 Å². The lowest BCUT2D eigenvalue weighted by Crippen LogP contribution is -2.48. The van der Waals surface area contributed by atoms with Crippen molar-refractivity contribution in [2.24, 2.45) is 0 Å². The monoisotopic (exact) mass is 453 g/mol. The van der Waals surface area contributed by atoms with Gasteiger partial charge in [0, 0.05) is 42.2 Å². The molecule has 3 aromatic rings. The zero-order valence-electron chi connectivity index (χ0n) is 15.9. The number of carbonyl (C=O) groups is 2. The number of hydrogen-bond donors (Lipinski definition) is 1. The van der Waals surface area contributed by atoms with Crippen LogP contribution >= 0.6 is 15.9 Å². The van der Waals surface area contributed by atoms with Gasteiger partial charge in [0.2, 0.25) is 5.91 Å². The summed E-state index contributed by atoms with van der Waals surface area (Å²) >= 11 is 3.45. The molecule has 0 unspecified atom stereocenters. The van der Waals surface area contributed by atoms with Crippen LogP contribution in [0.1, 0.15) is 23.1 Å².